The van der Waals surface area contributed by atoms with Gasteiger partial charge in [0, 0.05) is 11.3 Å². The fourth-order valence-corrected chi connectivity index (χ4v) is 3.22. The first-order valence-corrected chi connectivity index (χ1v) is 6.31. The molecule has 0 radical (unpaired) electrons. The number of ketones is 1. The zero-order valence-electron chi connectivity index (χ0n) is 9.25. The van der Waals surface area contributed by atoms with Crippen molar-refractivity contribution in [1.29, 1.82) is 0 Å². The van der Waals surface area contributed by atoms with Gasteiger partial charge in [-0.05, 0) is 38.3 Å². The summed E-state index contributed by atoms with van der Waals surface area (Å²) in [6.07, 6.45) is 2.90. The normalized spacial score (nSPS) is 20.9. The molecule has 1 unspecified atom stereocenters. The van der Waals surface area contributed by atoms with Gasteiger partial charge in [0.1, 0.15) is 5.78 Å². The molecule has 1 fully saturated rings. The summed E-state index contributed by atoms with van der Waals surface area (Å²) >= 11 is 1.75. The summed E-state index contributed by atoms with van der Waals surface area (Å²) < 4.78 is 0. The molecule has 0 aromatic heterocycles. The number of carbonyl (C=O) groups excluding carboxylic acids is 1. The highest BCUT2D eigenvalue weighted by atomic mass is 32.2. The van der Waals surface area contributed by atoms with Gasteiger partial charge in [-0.15, -0.1) is 11.8 Å². The lowest BCUT2D eigenvalue weighted by Crippen LogP contribution is -2.08. The van der Waals surface area contributed by atoms with Crippen LogP contribution in [0.3, 0.4) is 0 Å². The summed E-state index contributed by atoms with van der Waals surface area (Å²) in [6, 6.07) is 6.44. The number of Topliss-reactive ketones (excluding diaryl/α,β-unsaturated/α-hetero) is 1. The molecule has 1 nitrogen and oxygen atoms in total. The molecule has 2 heteroatoms. The molecule has 1 aliphatic rings. The van der Waals surface area contributed by atoms with Crippen molar-refractivity contribution >= 4 is 17.5 Å². The van der Waals surface area contributed by atoms with Crippen molar-refractivity contribution in [3.8, 4) is 0 Å². The van der Waals surface area contributed by atoms with Gasteiger partial charge in [0.25, 0.3) is 0 Å². The molecule has 0 spiro atoms. The van der Waals surface area contributed by atoms with Gasteiger partial charge in [-0.2, -0.15) is 0 Å². The minimum atomic E-state index is 0.214. The Morgan fingerprint density at radius 2 is 2.13 bits per heavy atom. The first-order chi connectivity index (χ1) is 7.16. The maximum atomic E-state index is 11.5. The minimum absolute atomic E-state index is 0.214. The number of aryl methyl sites for hydroxylation is 2. The Hall–Kier alpha value is -0.760. The average molecular weight is 220 g/mol. The number of benzene rings is 1. The van der Waals surface area contributed by atoms with Crippen molar-refractivity contribution in [3.05, 3.63) is 29.3 Å². The molecule has 1 atom stereocenters. The lowest BCUT2D eigenvalue weighted by atomic mass is 10.2. The standard InChI is InChI=1S/C13H16OS/c1-9-6-7-12(10(2)8-9)15-13-5-3-4-11(13)14/h6-8,13H,3-5H2,1-2H3. The third-order valence-corrected chi connectivity index (χ3v) is 4.34. The van der Waals surface area contributed by atoms with Gasteiger partial charge in [-0.1, -0.05) is 17.7 Å². The second-order valence-electron chi connectivity index (χ2n) is 4.23. The topological polar surface area (TPSA) is 17.1 Å². The van der Waals surface area contributed by atoms with Crippen LogP contribution in [0.4, 0.5) is 0 Å². The van der Waals surface area contributed by atoms with Crippen molar-refractivity contribution in [2.45, 2.75) is 43.3 Å². The van der Waals surface area contributed by atoms with E-state index in [0.717, 1.165) is 19.3 Å². The summed E-state index contributed by atoms with van der Waals surface area (Å²) in [4.78, 5) is 12.8. The van der Waals surface area contributed by atoms with E-state index in [-0.39, 0.29) is 5.25 Å². The van der Waals surface area contributed by atoms with Crippen LogP contribution in [0.1, 0.15) is 30.4 Å². The molecular weight excluding hydrogens is 204 g/mol. The van der Waals surface area contributed by atoms with Crippen LogP contribution in [0.15, 0.2) is 23.1 Å². The Bertz CT molecular complexity index is 384. The molecule has 0 N–H and O–H groups in total. The summed E-state index contributed by atoms with van der Waals surface area (Å²) in [6.45, 7) is 4.22. The van der Waals surface area contributed by atoms with Crippen LogP contribution in [-0.4, -0.2) is 11.0 Å². The number of carbonyl (C=O) groups is 1. The highest BCUT2D eigenvalue weighted by molar-refractivity contribution is 8.00. The van der Waals surface area contributed by atoms with Crippen LogP contribution < -0.4 is 0 Å². The minimum Gasteiger partial charge on any atom is -0.298 e. The molecule has 0 bridgehead atoms. The second-order valence-corrected chi connectivity index (χ2v) is 5.48. The van der Waals surface area contributed by atoms with E-state index in [2.05, 4.69) is 32.0 Å². The van der Waals surface area contributed by atoms with E-state index in [9.17, 15) is 4.79 Å². The molecule has 2 rings (SSSR count). The summed E-state index contributed by atoms with van der Waals surface area (Å²) in [5.41, 5.74) is 2.58. The van der Waals surface area contributed by atoms with E-state index in [1.807, 2.05) is 0 Å². The van der Waals surface area contributed by atoms with Crippen molar-refractivity contribution < 1.29 is 4.79 Å². The Balaban J connectivity index is 2.13. The van der Waals surface area contributed by atoms with Gasteiger partial charge in [0.05, 0.1) is 5.25 Å². The van der Waals surface area contributed by atoms with Crippen molar-refractivity contribution in [1.82, 2.24) is 0 Å². The van der Waals surface area contributed by atoms with Gasteiger partial charge in [0.15, 0.2) is 0 Å². The van der Waals surface area contributed by atoms with Gasteiger partial charge >= 0.3 is 0 Å². The molecular formula is C13H16OS. The molecule has 0 amide bonds. The van der Waals surface area contributed by atoms with E-state index < -0.39 is 0 Å². The molecule has 15 heavy (non-hydrogen) atoms. The first-order valence-electron chi connectivity index (χ1n) is 5.43. The summed E-state index contributed by atoms with van der Waals surface area (Å²) in [7, 11) is 0. The SMILES string of the molecule is Cc1ccc(SC2CCCC2=O)c(C)c1. The Morgan fingerprint density at radius 3 is 2.73 bits per heavy atom. The third kappa shape index (κ3) is 2.43. The summed E-state index contributed by atoms with van der Waals surface area (Å²) in [5.74, 6) is 0.431. The molecule has 0 saturated heterocycles. The van der Waals surface area contributed by atoms with E-state index in [1.165, 1.54) is 16.0 Å². The molecule has 1 aromatic carbocycles. The molecule has 80 valence electrons. The van der Waals surface area contributed by atoms with Crippen LogP contribution in [0.2, 0.25) is 0 Å². The number of hydrogen-bond donors (Lipinski definition) is 0. The van der Waals surface area contributed by atoms with E-state index in [0.29, 0.717) is 5.78 Å². The maximum absolute atomic E-state index is 11.5. The third-order valence-electron chi connectivity index (χ3n) is 2.85. The van der Waals surface area contributed by atoms with Crippen molar-refractivity contribution in [3.63, 3.8) is 0 Å². The van der Waals surface area contributed by atoms with E-state index in [1.54, 1.807) is 11.8 Å². The Labute approximate surface area is 95.3 Å². The first kappa shape index (κ1) is 10.7. The molecule has 0 aliphatic heterocycles. The predicted molar refractivity (Wildman–Crippen MR) is 64.4 cm³/mol. The predicted octanol–water partition coefficient (Wildman–Crippen LogP) is 3.52. The highest BCUT2D eigenvalue weighted by Crippen LogP contribution is 2.34. The molecule has 1 aliphatic carbocycles. The average Bonchev–Trinajstić information content (AvgIpc) is 2.57. The fourth-order valence-electron chi connectivity index (χ4n) is 1.99. The van der Waals surface area contributed by atoms with Crippen LogP contribution in [-0.2, 0) is 4.79 Å². The maximum Gasteiger partial charge on any atom is 0.146 e. The molecule has 0 heterocycles. The van der Waals surface area contributed by atoms with E-state index in [4.69, 9.17) is 0 Å². The monoisotopic (exact) mass is 220 g/mol. The lowest BCUT2D eigenvalue weighted by Gasteiger charge is -2.10. The molecule has 1 saturated carbocycles. The van der Waals surface area contributed by atoms with Crippen molar-refractivity contribution in [2.75, 3.05) is 0 Å². The second kappa shape index (κ2) is 4.40. The van der Waals surface area contributed by atoms with E-state index >= 15 is 0 Å². The smallest absolute Gasteiger partial charge is 0.146 e. The Kier molecular flexibility index (Phi) is 3.15. The number of rotatable bonds is 2. The zero-order chi connectivity index (χ0) is 10.8. The molecule has 1 aromatic rings. The van der Waals surface area contributed by atoms with Crippen LogP contribution >= 0.6 is 11.8 Å². The van der Waals surface area contributed by atoms with Gasteiger partial charge < -0.3 is 0 Å². The van der Waals surface area contributed by atoms with Gasteiger partial charge in [-0.3, -0.25) is 4.79 Å². The van der Waals surface area contributed by atoms with Gasteiger partial charge in [-0.25, -0.2) is 0 Å². The summed E-state index contributed by atoms with van der Waals surface area (Å²) in [5, 5.41) is 0.214. The van der Waals surface area contributed by atoms with Crippen LogP contribution in [0.5, 0.6) is 0 Å². The lowest BCUT2D eigenvalue weighted by molar-refractivity contribution is -0.116. The Morgan fingerprint density at radius 1 is 1.33 bits per heavy atom. The van der Waals surface area contributed by atoms with Crippen molar-refractivity contribution in [2.24, 2.45) is 0 Å². The van der Waals surface area contributed by atoms with Gasteiger partial charge in [0.2, 0.25) is 0 Å². The number of hydrogen-bond acceptors (Lipinski definition) is 2. The quantitative estimate of drug-likeness (QED) is 0.758. The number of thioether (sulfide) groups is 1. The highest BCUT2D eigenvalue weighted by Gasteiger charge is 2.25. The largest absolute Gasteiger partial charge is 0.298 e. The fraction of sp³-hybridized carbons (Fsp3) is 0.462. The zero-order valence-corrected chi connectivity index (χ0v) is 10.1. The van der Waals surface area contributed by atoms with Crippen LogP contribution in [0, 0.1) is 13.8 Å². The van der Waals surface area contributed by atoms with Crippen LogP contribution in [0.25, 0.3) is 0 Å².